The third-order valence-corrected chi connectivity index (χ3v) is 3.20. The van der Waals surface area contributed by atoms with Crippen molar-refractivity contribution in [2.75, 3.05) is 0 Å². The van der Waals surface area contributed by atoms with Gasteiger partial charge < -0.3 is 4.43 Å². The molecule has 0 aliphatic heterocycles. The largest absolute Gasteiger partial charge is 0.422 e. The predicted octanol–water partition coefficient (Wildman–Crippen LogP) is 1.27. The van der Waals surface area contributed by atoms with E-state index in [1.165, 1.54) is 0 Å². The molecule has 60 valence electrons. The molecule has 0 aromatic carbocycles. The zero-order valence-corrected chi connectivity index (χ0v) is 9.48. The standard InChI is InChI=1S/C8H18OSi/c1-5-7(6-2)8(3,4)9-10/h5,7H,1,6H2,2-4,10H3. The van der Waals surface area contributed by atoms with Crippen LogP contribution in [-0.2, 0) is 4.43 Å². The Bertz CT molecular complexity index is 110. The van der Waals surface area contributed by atoms with Crippen molar-refractivity contribution in [1.29, 1.82) is 0 Å². The average molecular weight is 158 g/mol. The highest BCUT2D eigenvalue weighted by Gasteiger charge is 2.23. The number of hydrogen-bond acceptors (Lipinski definition) is 1. The Morgan fingerprint density at radius 2 is 2.20 bits per heavy atom. The van der Waals surface area contributed by atoms with Crippen LogP contribution in [0.25, 0.3) is 0 Å². The highest BCUT2D eigenvalue weighted by molar-refractivity contribution is 5.98. The van der Waals surface area contributed by atoms with Gasteiger partial charge in [0.15, 0.2) is 0 Å². The van der Waals surface area contributed by atoms with Crippen molar-refractivity contribution in [2.45, 2.75) is 32.8 Å². The Morgan fingerprint density at radius 3 is 2.30 bits per heavy atom. The van der Waals surface area contributed by atoms with Crippen molar-refractivity contribution in [3.63, 3.8) is 0 Å². The molecule has 2 heteroatoms. The second-order valence-corrected chi connectivity index (χ2v) is 3.47. The lowest BCUT2D eigenvalue weighted by atomic mass is 9.89. The highest BCUT2D eigenvalue weighted by atomic mass is 28.2. The summed E-state index contributed by atoms with van der Waals surface area (Å²) in [6.07, 6.45) is 3.09. The van der Waals surface area contributed by atoms with E-state index in [4.69, 9.17) is 4.43 Å². The molecule has 0 radical (unpaired) electrons. The Morgan fingerprint density at radius 1 is 1.70 bits per heavy atom. The van der Waals surface area contributed by atoms with Crippen LogP contribution >= 0.6 is 0 Å². The Hall–Kier alpha value is -0.0831. The van der Waals surface area contributed by atoms with Crippen LogP contribution in [0.2, 0.25) is 0 Å². The highest BCUT2D eigenvalue weighted by Crippen LogP contribution is 2.23. The van der Waals surface area contributed by atoms with Gasteiger partial charge in [-0.25, -0.2) is 0 Å². The van der Waals surface area contributed by atoms with Crippen LogP contribution in [0.3, 0.4) is 0 Å². The summed E-state index contributed by atoms with van der Waals surface area (Å²) in [5.74, 6) is 0.491. The van der Waals surface area contributed by atoms with Crippen LogP contribution in [0.5, 0.6) is 0 Å². The van der Waals surface area contributed by atoms with E-state index >= 15 is 0 Å². The molecule has 0 aliphatic rings. The van der Waals surface area contributed by atoms with Crippen LogP contribution in [-0.4, -0.2) is 16.1 Å². The molecule has 0 bridgehead atoms. The smallest absolute Gasteiger partial charge is 0.146 e. The first-order chi connectivity index (χ1) is 4.58. The van der Waals surface area contributed by atoms with Crippen molar-refractivity contribution in [1.82, 2.24) is 0 Å². The van der Waals surface area contributed by atoms with Gasteiger partial charge in [-0.1, -0.05) is 13.0 Å². The van der Waals surface area contributed by atoms with Gasteiger partial charge in [-0.05, 0) is 20.3 Å². The normalized spacial score (nSPS) is 15.1. The van der Waals surface area contributed by atoms with Crippen molar-refractivity contribution < 1.29 is 4.43 Å². The van der Waals surface area contributed by atoms with E-state index in [-0.39, 0.29) is 5.60 Å². The predicted molar refractivity (Wildman–Crippen MR) is 49.1 cm³/mol. The molecule has 0 N–H and O–H groups in total. The molecule has 0 aliphatic carbocycles. The molecule has 0 saturated carbocycles. The summed E-state index contributed by atoms with van der Waals surface area (Å²) in [6, 6.07) is 0. The van der Waals surface area contributed by atoms with Crippen molar-refractivity contribution in [3.8, 4) is 0 Å². The van der Waals surface area contributed by atoms with Crippen LogP contribution in [0.1, 0.15) is 27.2 Å². The molecule has 10 heavy (non-hydrogen) atoms. The number of rotatable bonds is 4. The van der Waals surface area contributed by atoms with Gasteiger partial charge in [0.2, 0.25) is 0 Å². The van der Waals surface area contributed by atoms with Crippen LogP contribution in [0.15, 0.2) is 12.7 Å². The van der Waals surface area contributed by atoms with E-state index in [0.29, 0.717) is 5.92 Å². The van der Waals surface area contributed by atoms with E-state index in [9.17, 15) is 0 Å². The molecule has 1 nitrogen and oxygen atoms in total. The first kappa shape index (κ1) is 9.92. The molecular formula is C8H18OSi. The fraction of sp³-hybridized carbons (Fsp3) is 0.750. The minimum atomic E-state index is 0.00270. The van der Waals surface area contributed by atoms with Crippen LogP contribution in [0, 0.1) is 5.92 Å². The summed E-state index contributed by atoms with van der Waals surface area (Å²) in [5.41, 5.74) is 0.00270. The molecule has 0 saturated heterocycles. The molecule has 0 aromatic heterocycles. The maximum absolute atomic E-state index is 5.45. The summed E-state index contributed by atoms with van der Waals surface area (Å²) in [7, 11) is 0.807. The molecular weight excluding hydrogens is 140 g/mol. The SMILES string of the molecule is C=CC(CC)C(C)(C)O[SiH3]. The molecule has 0 heterocycles. The first-order valence-corrected chi connectivity index (χ1v) is 4.57. The fourth-order valence-electron chi connectivity index (χ4n) is 1.09. The topological polar surface area (TPSA) is 9.23 Å². The van der Waals surface area contributed by atoms with E-state index in [0.717, 1.165) is 16.9 Å². The van der Waals surface area contributed by atoms with Gasteiger partial charge in [0, 0.05) is 5.92 Å². The van der Waals surface area contributed by atoms with Crippen molar-refractivity contribution in [2.24, 2.45) is 5.92 Å². The molecule has 0 rings (SSSR count). The van der Waals surface area contributed by atoms with E-state index in [2.05, 4.69) is 27.4 Å². The molecule has 0 spiro atoms. The Labute approximate surface area is 67.0 Å². The lowest BCUT2D eigenvalue weighted by molar-refractivity contribution is 0.0738. The zero-order valence-electron chi connectivity index (χ0n) is 7.48. The zero-order chi connectivity index (χ0) is 8.20. The summed E-state index contributed by atoms with van der Waals surface area (Å²) in [4.78, 5) is 0. The minimum absolute atomic E-state index is 0.00270. The van der Waals surface area contributed by atoms with Gasteiger partial charge in [-0.2, -0.15) is 0 Å². The third kappa shape index (κ3) is 2.27. The fourth-order valence-corrected chi connectivity index (χ4v) is 1.40. The Balaban J connectivity index is 4.10. The third-order valence-electron chi connectivity index (χ3n) is 2.14. The second kappa shape index (κ2) is 3.94. The minimum Gasteiger partial charge on any atom is -0.422 e. The maximum Gasteiger partial charge on any atom is 0.146 e. The van der Waals surface area contributed by atoms with Gasteiger partial charge >= 0.3 is 0 Å². The summed E-state index contributed by atoms with van der Waals surface area (Å²) >= 11 is 0. The lowest BCUT2D eigenvalue weighted by Crippen LogP contribution is -2.31. The quantitative estimate of drug-likeness (QED) is 0.442. The van der Waals surface area contributed by atoms with Crippen LogP contribution in [0.4, 0.5) is 0 Å². The van der Waals surface area contributed by atoms with Crippen LogP contribution < -0.4 is 0 Å². The van der Waals surface area contributed by atoms with Gasteiger partial charge in [0.05, 0.1) is 5.60 Å². The van der Waals surface area contributed by atoms with Gasteiger partial charge in [0.25, 0.3) is 0 Å². The summed E-state index contributed by atoms with van der Waals surface area (Å²) in [6.45, 7) is 10.2. The van der Waals surface area contributed by atoms with E-state index < -0.39 is 0 Å². The van der Waals surface area contributed by atoms with Crippen molar-refractivity contribution in [3.05, 3.63) is 12.7 Å². The van der Waals surface area contributed by atoms with E-state index in [1.807, 2.05) is 6.08 Å². The maximum atomic E-state index is 5.45. The average Bonchev–Trinajstić information content (AvgIpc) is 1.90. The van der Waals surface area contributed by atoms with E-state index in [1.54, 1.807) is 0 Å². The second-order valence-electron chi connectivity index (χ2n) is 3.06. The van der Waals surface area contributed by atoms with Gasteiger partial charge in [-0.15, -0.1) is 6.58 Å². The molecule has 1 atom stereocenters. The van der Waals surface area contributed by atoms with Gasteiger partial charge in [-0.3, -0.25) is 0 Å². The molecule has 1 unspecified atom stereocenters. The van der Waals surface area contributed by atoms with Gasteiger partial charge in [0.1, 0.15) is 10.5 Å². The molecule has 0 aromatic rings. The Kier molecular flexibility index (Phi) is 3.90. The summed E-state index contributed by atoms with van der Waals surface area (Å²) < 4.78 is 5.45. The molecule has 0 fully saturated rings. The monoisotopic (exact) mass is 158 g/mol. The molecule has 0 amide bonds. The summed E-state index contributed by atoms with van der Waals surface area (Å²) in [5, 5.41) is 0. The first-order valence-electron chi connectivity index (χ1n) is 3.76. The van der Waals surface area contributed by atoms with Crippen molar-refractivity contribution >= 4 is 10.5 Å². The number of hydrogen-bond donors (Lipinski definition) is 0. The lowest BCUT2D eigenvalue weighted by Gasteiger charge is -2.30.